The smallest absolute Gasteiger partial charge is 0.304 e. The van der Waals surface area contributed by atoms with E-state index in [-0.39, 0.29) is 17.8 Å². The number of nitrogens with zero attached hydrogens (tertiary/aromatic N) is 3. The van der Waals surface area contributed by atoms with E-state index in [2.05, 4.69) is 4.98 Å². The minimum atomic E-state index is -0.593. The molecule has 0 aliphatic rings. The molecule has 0 unspecified atom stereocenters. The molecule has 1 aromatic heterocycles. The Morgan fingerprint density at radius 1 is 1.08 bits per heavy atom. The Labute approximate surface area is 136 Å². The van der Waals surface area contributed by atoms with Crippen molar-refractivity contribution in [1.29, 1.82) is 0 Å². The minimum absolute atomic E-state index is 0.0411. The second kappa shape index (κ2) is 6.33. The van der Waals surface area contributed by atoms with Crippen molar-refractivity contribution >= 4 is 5.69 Å². The van der Waals surface area contributed by atoms with Gasteiger partial charge in [0.2, 0.25) is 0 Å². The summed E-state index contributed by atoms with van der Waals surface area (Å²) in [5.74, 6) is 0. The van der Waals surface area contributed by atoms with Gasteiger partial charge >= 0.3 is 5.56 Å². The maximum Gasteiger partial charge on any atom is 0.304 e. The van der Waals surface area contributed by atoms with E-state index in [1.54, 1.807) is 0 Å². The zero-order chi connectivity index (χ0) is 17.1. The summed E-state index contributed by atoms with van der Waals surface area (Å²) in [5, 5.41) is 20.5. The number of hydrogen-bond acceptors (Lipinski definition) is 5. The molecule has 1 heterocycles. The average Bonchev–Trinajstić information content (AvgIpc) is 2.60. The maximum absolute atomic E-state index is 12.1. The number of benzene rings is 2. The van der Waals surface area contributed by atoms with Crippen molar-refractivity contribution in [2.75, 3.05) is 0 Å². The van der Waals surface area contributed by atoms with Crippen molar-refractivity contribution in [2.24, 2.45) is 0 Å². The summed E-state index contributed by atoms with van der Waals surface area (Å²) in [4.78, 5) is 26.6. The predicted molar refractivity (Wildman–Crippen MR) is 87.0 cm³/mol. The monoisotopic (exact) mass is 323 g/mol. The van der Waals surface area contributed by atoms with Crippen LogP contribution in [-0.4, -0.2) is 19.8 Å². The standard InChI is InChI=1S/C17H13N3O4/c21-17-15(10-12-4-2-1-3-5-12)18-16(11-19(17)22)13-6-8-14(9-7-13)20(23)24/h1-9,11,22H,10H2. The first-order valence-electron chi connectivity index (χ1n) is 7.15. The number of aromatic nitrogens is 2. The molecule has 0 amide bonds. The number of rotatable bonds is 4. The third kappa shape index (κ3) is 3.14. The van der Waals surface area contributed by atoms with Crippen LogP contribution in [0.15, 0.2) is 65.6 Å². The van der Waals surface area contributed by atoms with Gasteiger partial charge in [0.05, 0.1) is 16.8 Å². The summed E-state index contributed by atoms with van der Waals surface area (Å²) in [6.45, 7) is 0. The zero-order valence-corrected chi connectivity index (χ0v) is 12.5. The number of non-ortho nitro benzene ring substituents is 1. The molecule has 0 aliphatic heterocycles. The summed E-state index contributed by atoms with van der Waals surface area (Å²) in [5.41, 5.74) is 1.38. The van der Waals surface area contributed by atoms with Crippen molar-refractivity contribution in [3.8, 4) is 11.3 Å². The fourth-order valence-corrected chi connectivity index (χ4v) is 2.33. The average molecular weight is 323 g/mol. The van der Waals surface area contributed by atoms with Crippen LogP contribution in [0, 0.1) is 10.1 Å². The van der Waals surface area contributed by atoms with Gasteiger partial charge < -0.3 is 5.21 Å². The third-order valence-electron chi connectivity index (χ3n) is 3.54. The van der Waals surface area contributed by atoms with Crippen LogP contribution in [0.1, 0.15) is 11.3 Å². The van der Waals surface area contributed by atoms with Crippen molar-refractivity contribution in [3.05, 3.63) is 92.5 Å². The van der Waals surface area contributed by atoms with Gasteiger partial charge in [-0.2, -0.15) is 4.73 Å². The molecule has 7 heteroatoms. The molecule has 3 rings (SSSR count). The van der Waals surface area contributed by atoms with Crippen LogP contribution in [0.4, 0.5) is 5.69 Å². The Morgan fingerprint density at radius 2 is 1.75 bits per heavy atom. The van der Waals surface area contributed by atoms with E-state index < -0.39 is 10.5 Å². The highest BCUT2D eigenvalue weighted by Gasteiger charge is 2.12. The second-order valence-electron chi connectivity index (χ2n) is 5.19. The molecule has 2 aromatic carbocycles. The molecular formula is C17H13N3O4. The van der Waals surface area contributed by atoms with Crippen molar-refractivity contribution < 1.29 is 10.1 Å². The molecule has 24 heavy (non-hydrogen) atoms. The van der Waals surface area contributed by atoms with Gasteiger partial charge in [-0.25, -0.2) is 4.98 Å². The van der Waals surface area contributed by atoms with Gasteiger partial charge in [0.15, 0.2) is 0 Å². The molecule has 0 fully saturated rings. The van der Waals surface area contributed by atoms with Crippen LogP contribution in [0.25, 0.3) is 11.3 Å². The molecular weight excluding hydrogens is 310 g/mol. The summed E-state index contributed by atoms with van der Waals surface area (Å²) in [7, 11) is 0. The lowest BCUT2D eigenvalue weighted by atomic mass is 10.1. The van der Waals surface area contributed by atoms with Crippen molar-refractivity contribution in [3.63, 3.8) is 0 Å². The van der Waals surface area contributed by atoms with E-state index >= 15 is 0 Å². The largest absolute Gasteiger partial charge is 0.425 e. The highest BCUT2D eigenvalue weighted by molar-refractivity contribution is 5.60. The van der Waals surface area contributed by atoms with E-state index in [9.17, 15) is 20.1 Å². The Kier molecular flexibility index (Phi) is 4.07. The first-order chi connectivity index (χ1) is 11.5. The third-order valence-corrected chi connectivity index (χ3v) is 3.54. The zero-order valence-electron chi connectivity index (χ0n) is 12.5. The lowest BCUT2D eigenvalue weighted by molar-refractivity contribution is -0.384. The van der Waals surface area contributed by atoms with Gasteiger partial charge in [-0.05, 0) is 17.7 Å². The normalized spacial score (nSPS) is 10.5. The topological polar surface area (TPSA) is 98.3 Å². The van der Waals surface area contributed by atoms with Gasteiger partial charge in [-0.1, -0.05) is 30.3 Å². The minimum Gasteiger partial charge on any atom is -0.425 e. The summed E-state index contributed by atoms with van der Waals surface area (Å²) < 4.78 is 0.488. The molecule has 0 atom stereocenters. The van der Waals surface area contributed by atoms with E-state index in [4.69, 9.17) is 0 Å². The van der Waals surface area contributed by atoms with Crippen molar-refractivity contribution in [2.45, 2.75) is 6.42 Å². The quantitative estimate of drug-likeness (QED) is 0.452. The lowest BCUT2D eigenvalue weighted by Gasteiger charge is -2.07. The second-order valence-corrected chi connectivity index (χ2v) is 5.19. The first kappa shape index (κ1) is 15.4. The first-order valence-corrected chi connectivity index (χ1v) is 7.15. The van der Waals surface area contributed by atoms with Gasteiger partial charge in [-0.3, -0.25) is 14.9 Å². The highest BCUT2D eigenvalue weighted by atomic mass is 16.6. The molecule has 7 nitrogen and oxygen atoms in total. The molecule has 0 bridgehead atoms. The Balaban J connectivity index is 2.00. The van der Waals surface area contributed by atoms with Crippen LogP contribution in [0.3, 0.4) is 0 Å². The Morgan fingerprint density at radius 3 is 2.38 bits per heavy atom. The molecule has 120 valence electrons. The maximum atomic E-state index is 12.1. The summed E-state index contributed by atoms with van der Waals surface area (Å²) >= 11 is 0. The fraction of sp³-hybridized carbons (Fsp3) is 0.0588. The Bertz CT molecular complexity index is 934. The van der Waals surface area contributed by atoms with E-state index in [1.807, 2.05) is 30.3 Å². The highest BCUT2D eigenvalue weighted by Crippen LogP contribution is 2.20. The molecule has 0 saturated heterocycles. The van der Waals surface area contributed by atoms with Crippen LogP contribution >= 0.6 is 0 Å². The summed E-state index contributed by atoms with van der Waals surface area (Å²) in [6.07, 6.45) is 1.47. The molecule has 0 spiro atoms. The van der Waals surface area contributed by atoms with Gasteiger partial charge in [0.25, 0.3) is 5.69 Å². The SMILES string of the molecule is O=c1c(Cc2ccccc2)nc(-c2ccc([N+](=O)[O-])cc2)cn1O. The summed E-state index contributed by atoms with van der Waals surface area (Å²) in [6, 6.07) is 15.0. The molecule has 3 aromatic rings. The van der Waals surface area contributed by atoms with E-state index in [1.165, 1.54) is 30.5 Å². The molecule has 0 aliphatic carbocycles. The van der Waals surface area contributed by atoms with Gasteiger partial charge in [0.1, 0.15) is 5.69 Å². The van der Waals surface area contributed by atoms with E-state index in [0.29, 0.717) is 16.0 Å². The number of hydrogen-bond donors (Lipinski definition) is 1. The van der Waals surface area contributed by atoms with E-state index in [0.717, 1.165) is 5.56 Å². The predicted octanol–water partition coefficient (Wildman–Crippen LogP) is 2.65. The van der Waals surface area contributed by atoms with Crippen LogP contribution < -0.4 is 5.56 Å². The number of nitro benzene ring substituents is 1. The molecule has 0 radical (unpaired) electrons. The van der Waals surface area contributed by atoms with Crippen LogP contribution in [-0.2, 0) is 6.42 Å². The van der Waals surface area contributed by atoms with Crippen LogP contribution in [0.2, 0.25) is 0 Å². The van der Waals surface area contributed by atoms with Gasteiger partial charge in [0, 0.05) is 24.1 Å². The number of nitro groups is 1. The Hall–Kier alpha value is -3.48. The fourth-order valence-electron chi connectivity index (χ4n) is 2.33. The van der Waals surface area contributed by atoms with Gasteiger partial charge in [-0.15, -0.1) is 0 Å². The van der Waals surface area contributed by atoms with Crippen LogP contribution in [0.5, 0.6) is 0 Å². The van der Waals surface area contributed by atoms with Crippen molar-refractivity contribution in [1.82, 2.24) is 9.71 Å². The lowest BCUT2D eigenvalue weighted by Crippen LogP contribution is -2.24. The molecule has 1 N–H and O–H groups in total. The molecule has 0 saturated carbocycles.